The number of ether oxygens (including phenoxy) is 2. The highest BCUT2D eigenvalue weighted by molar-refractivity contribution is 5.79. The summed E-state index contributed by atoms with van der Waals surface area (Å²) in [6.07, 6.45) is 1.78. The third-order valence-corrected chi connectivity index (χ3v) is 4.97. The predicted octanol–water partition coefficient (Wildman–Crippen LogP) is 2.67. The van der Waals surface area contributed by atoms with Gasteiger partial charge in [-0.25, -0.2) is 0 Å². The van der Waals surface area contributed by atoms with E-state index in [1.807, 2.05) is 11.7 Å². The van der Waals surface area contributed by atoms with Crippen LogP contribution in [-0.2, 0) is 24.8 Å². The molecule has 7 heteroatoms. The van der Waals surface area contributed by atoms with E-state index < -0.39 is 0 Å². The minimum Gasteiger partial charge on any atom is -0.493 e. The number of nitrogens with zero attached hydrogens (tertiary/aromatic N) is 3. The molecule has 2 N–H and O–H groups in total. The average Bonchev–Trinajstić information content (AvgIpc) is 2.94. The second kappa shape index (κ2) is 11.5. The van der Waals surface area contributed by atoms with Crippen molar-refractivity contribution in [2.45, 2.75) is 40.2 Å². The van der Waals surface area contributed by atoms with E-state index in [0.717, 1.165) is 42.4 Å². The number of aromatic nitrogens is 2. The number of guanidine groups is 1. The zero-order chi connectivity index (χ0) is 21.2. The molecule has 0 radical (unpaired) electrons. The molecule has 160 valence electrons. The summed E-state index contributed by atoms with van der Waals surface area (Å²) in [5.41, 5.74) is 5.88. The predicted molar refractivity (Wildman–Crippen MR) is 118 cm³/mol. The summed E-state index contributed by atoms with van der Waals surface area (Å²) >= 11 is 0. The van der Waals surface area contributed by atoms with Gasteiger partial charge >= 0.3 is 0 Å². The summed E-state index contributed by atoms with van der Waals surface area (Å²) in [5.74, 6) is 1.68. The van der Waals surface area contributed by atoms with Crippen LogP contribution in [0.15, 0.2) is 23.2 Å². The van der Waals surface area contributed by atoms with E-state index in [2.05, 4.69) is 59.7 Å². The van der Waals surface area contributed by atoms with Crippen molar-refractivity contribution in [3.63, 3.8) is 0 Å². The minimum absolute atomic E-state index is 0.640. The van der Waals surface area contributed by atoms with Gasteiger partial charge in [0.15, 0.2) is 5.96 Å². The molecular formula is C22H35N5O2. The Hall–Kier alpha value is -2.54. The highest BCUT2D eigenvalue weighted by Crippen LogP contribution is 2.20. The van der Waals surface area contributed by atoms with Gasteiger partial charge in [-0.1, -0.05) is 12.1 Å². The zero-order valence-electron chi connectivity index (χ0n) is 18.6. The largest absolute Gasteiger partial charge is 0.493 e. The SMILES string of the molecule is CN=C(NCCc1c(C)nn(C)c1C)NCc1ccc(C)cc1OCCCOC. The van der Waals surface area contributed by atoms with Gasteiger partial charge in [0.05, 0.1) is 12.3 Å². The molecule has 2 aromatic rings. The van der Waals surface area contributed by atoms with Gasteiger partial charge in [0.1, 0.15) is 5.75 Å². The number of nitrogens with one attached hydrogen (secondary N) is 2. The van der Waals surface area contributed by atoms with Gasteiger partial charge in [0.25, 0.3) is 0 Å². The Labute approximate surface area is 174 Å². The first-order chi connectivity index (χ1) is 14.0. The highest BCUT2D eigenvalue weighted by Gasteiger charge is 2.10. The van der Waals surface area contributed by atoms with Crippen LogP contribution in [0, 0.1) is 20.8 Å². The summed E-state index contributed by atoms with van der Waals surface area (Å²) in [7, 11) is 5.47. The Morgan fingerprint density at radius 3 is 2.62 bits per heavy atom. The molecule has 0 bridgehead atoms. The molecule has 0 aliphatic carbocycles. The van der Waals surface area contributed by atoms with Crippen molar-refractivity contribution < 1.29 is 9.47 Å². The Kier molecular flexibility index (Phi) is 8.99. The quantitative estimate of drug-likeness (QED) is 0.364. The molecule has 7 nitrogen and oxygen atoms in total. The second-order valence-corrected chi connectivity index (χ2v) is 7.18. The number of aryl methyl sites for hydroxylation is 3. The van der Waals surface area contributed by atoms with Gasteiger partial charge in [0.2, 0.25) is 0 Å². The maximum Gasteiger partial charge on any atom is 0.191 e. The van der Waals surface area contributed by atoms with Crippen LogP contribution >= 0.6 is 0 Å². The van der Waals surface area contributed by atoms with Crippen LogP contribution in [-0.4, -0.2) is 49.7 Å². The van der Waals surface area contributed by atoms with Gasteiger partial charge in [0, 0.05) is 58.6 Å². The first-order valence-corrected chi connectivity index (χ1v) is 10.1. The molecule has 0 saturated heterocycles. The molecule has 0 aliphatic rings. The fraction of sp³-hybridized carbons (Fsp3) is 0.545. The summed E-state index contributed by atoms with van der Waals surface area (Å²) < 4.78 is 13.0. The van der Waals surface area contributed by atoms with E-state index in [9.17, 15) is 0 Å². The first-order valence-electron chi connectivity index (χ1n) is 10.1. The van der Waals surface area contributed by atoms with Crippen LogP contribution in [0.25, 0.3) is 0 Å². The van der Waals surface area contributed by atoms with Gasteiger partial charge < -0.3 is 20.1 Å². The minimum atomic E-state index is 0.640. The van der Waals surface area contributed by atoms with Crippen molar-refractivity contribution >= 4 is 5.96 Å². The number of rotatable bonds is 10. The van der Waals surface area contributed by atoms with E-state index in [-0.39, 0.29) is 0 Å². The summed E-state index contributed by atoms with van der Waals surface area (Å²) in [6, 6.07) is 6.28. The Morgan fingerprint density at radius 1 is 1.17 bits per heavy atom. The van der Waals surface area contributed by atoms with Gasteiger partial charge in [-0.3, -0.25) is 9.67 Å². The highest BCUT2D eigenvalue weighted by atomic mass is 16.5. The molecule has 0 spiro atoms. The first kappa shape index (κ1) is 22.7. The smallest absolute Gasteiger partial charge is 0.191 e. The van der Waals surface area contributed by atoms with Crippen LogP contribution in [0.1, 0.15) is 34.5 Å². The molecule has 0 unspecified atom stereocenters. The lowest BCUT2D eigenvalue weighted by molar-refractivity contribution is 0.172. The van der Waals surface area contributed by atoms with E-state index in [4.69, 9.17) is 9.47 Å². The van der Waals surface area contributed by atoms with Crippen molar-refractivity contribution in [2.24, 2.45) is 12.0 Å². The van der Waals surface area contributed by atoms with Crippen molar-refractivity contribution in [2.75, 3.05) is 33.9 Å². The third-order valence-electron chi connectivity index (χ3n) is 4.97. The number of hydrogen-bond donors (Lipinski definition) is 2. The van der Waals surface area contributed by atoms with Crippen LogP contribution < -0.4 is 15.4 Å². The average molecular weight is 402 g/mol. The topological polar surface area (TPSA) is 72.7 Å². The Bertz CT molecular complexity index is 814. The number of methoxy groups -OCH3 is 1. The number of aliphatic imine (C=N–C) groups is 1. The molecule has 1 aromatic heterocycles. The second-order valence-electron chi connectivity index (χ2n) is 7.18. The monoisotopic (exact) mass is 401 g/mol. The van der Waals surface area contributed by atoms with Crippen molar-refractivity contribution in [3.8, 4) is 5.75 Å². The molecular weight excluding hydrogens is 366 g/mol. The molecule has 2 rings (SSSR count). The normalized spacial score (nSPS) is 11.6. The lowest BCUT2D eigenvalue weighted by Gasteiger charge is -2.15. The molecule has 0 atom stereocenters. The molecule has 1 aromatic carbocycles. The Balaban J connectivity index is 1.88. The van der Waals surface area contributed by atoms with Crippen molar-refractivity contribution in [1.29, 1.82) is 0 Å². The van der Waals surface area contributed by atoms with E-state index >= 15 is 0 Å². The summed E-state index contributed by atoms with van der Waals surface area (Å²) in [5, 5.41) is 11.2. The fourth-order valence-corrected chi connectivity index (χ4v) is 3.21. The molecule has 1 heterocycles. The standard InChI is InChI=1S/C22H35N5O2/c1-16-8-9-19(21(14-16)29-13-7-12-28-6)15-25-22(23-4)24-11-10-20-17(2)26-27(5)18(20)3/h8-9,14H,7,10-13,15H2,1-6H3,(H2,23,24,25). The fourth-order valence-electron chi connectivity index (χ4n) is 3.21. The molecule has 0 aliphatic heterocycles. The summed E-state index contributed by atoms with van der Waals surface area (Å²) in [4.78, 5) is 4.33. The van der Waals surface area contributed by atoms with E-state index in [1.54, 1.807) is 14.2 Å². The van der Waals surface area contributed by atoms with Crippen molar-refractivity contribution in [1.82, 2.24) is 20.4 Å². The molecule has 0 fully saturated rings. The van der Waals surface area contributed by atoms with Crippen LogP contribution in [0.4, 0.5) is 0 Å². The maximum absolute atomic E-state index is 5.96. The molecule has 29 heavy (non-hydrogen) atoms. The van der Waals surface area contributed by atoms with E-state index in [0.29, 0.717) is 19.8 Å². The summed E-state index contributed by atoms with van der Waals surface area (Å²) in [6.45, 7) is 9.01. The molecule has 0 amide bonds. The van der Waals surface area contributed by atoms with Crippen LogP contribution in [0.5, 0.6) is 5.75 Å². The lowest BCUT2D eigenvalue weighted by Crippen LogP contribution is -2.38. The molecule has 0 saturated carbocycles. The lowest BCUT2D eigenvalue weighted by atomic mass is 10.1. The van der Waals surface area contributed by atoms with Crippen molar-refractivity contribution in [3.05, 3.63) is 46.3 Å². The third kappa shape index (κ3) is 6.78. The van der Waals surface area contributed by atoms with Gasteiger partial charge in [-0.2, -0.15) is 5.10 Å². The van der Waals surface area contributed by atoms with E-state index in [1.165, 1.54) is 16.8 Å². The zero-order valence-corrected chi connectivity index (χ0v) is 18.6. The van der Waals surface area contributed by atoms with Gasteiger partial charge in [-0.15, -0.1) is 0 Å². The van der Waals surface area contributed by atoms with Crippen LogP contribution in [0.2, 0.25) is 0 Å². The van der Waals surface area contributed by atoms with Gasteiger partial charge in [-0.05, 0) is 44.4 Å². The number of benzene rings is 1. The van der Waals surface area contributed by atoms with Crippen LogP contribution in [0.3, 0.4) is 0 Å². The number of hydrogen-bond acceptors (Lipinski definition) is 4. The Morgan fingerprint density at radius 2 is 1.97 bits per heavy atom. The maximum atomic E-state index is 5.96.